The van der Waals surface area contributed by atoms with Gasteiger partial charge < -0.3 is 74.8 Å². The first kappa shape index (κ1) is 102. The van der Waals surface area contributed by atoms with E-state index in [0.29, 0.717) is 139 Å². The van der Waals surface area contributed by atoms with Crippen LogP contribution in [0.3, 0.4) is 0 Å². The summed E-state index contributed by atoms with van der Waals surface area (Å²) in [5, 5.41) is 1.10. The van der Waals surface area contributed by atoms with Crippen molar-refractivity contribution in [2.24, 2.45) is 0 Å². The summed E-state index contributed by atoms with van der Waals surface area (Å²) in [5.41, 5.74) is 8.49. The Balaban J connectivity index is 0.000000207. The summed E-state index contributed by atoms with van der Waals surface area (Å²) in [5.74, 6) is 26.4. The first-order valence-corrected chi connectivity index (χ1v) is 46.9. The molecule has 0 unspecified atom stereocenters. The van der Waals surface area contributed by atoms with Crippen LogP contribution in [-0.4, -0.2) is 90.9 Å². The van der Waals surface area contributed by atoms with Gasteiger partial charge in [0.2, 0.25) is 0 Å². The number of benzene rings is 9. The Hall–Kier alpha value is -12.8. The third-order valence-corrected chi connectivity index (χ3v) is 23.0. The number of methoxy groups -OCH3 is 10. The van der Waals surface area contributed by atoms with Gasteiger partial charge in [-0.15, -0.1) is 0 Å². The van der Waals surface area contributed by atoms with Gasteiger partial charge in [-0.1, -0.05) is 255 Å². The van der Waals surface area contributed by atoms with Crippen molar-refractivity contribution < 1.29 is 74.8 Å². The highest BCUT2D eigenvalue weighted by atomic mass is 16.5. The molecule has 19 nitrogen and oxygen atoms in total. The first-order valence-electron chi connectivity index (χ1n) is 46.9. The van der Waals surface area contributed by atoms with Crippen LogP contribution < -0.4 is 63.7 Å². The second-order valence-electron chi connectivity index (χ2n) is 32.5. The predicted molar refractivity (Wildman–Crippen MR) is 532 cm³/mol. The number of ether oxygens (including phenoxy) is 13. The van der Waals surface area contributed by atoms with E-state index in [2.05, 4.69) is 84.1 Å². The largest absolute Gasteiger partial charge is 0.497 e. The first-order chi connectivity index (χ1) is 65.3. The van der Waals surface area contributed by atoms with Gasteiger partial charge in [0, 0.05) is 121 Å². The SMILES string of the molecule is COc1cc(OC)c2c(=O)cc(-c3ccc(OC)c(OC)c3C#CCCCCCCCCCCCOCc3ccccc3)oc2c1.COc1ccc(-c2cc(=O)c3c(OC)cc(OC)cc3o2)c(C#CCCCCCCCCCCCOCc2ccccc2)c1.COc1ccc(-c2cc(=O)c3c(OC)cc(OC)cc3o2)c(C#CCCCCCCCCCCOCc2ccccc2)c1. The lowest BCUT2D eigenvalue weighted by Crippen LogP contribution is -2.04. The van der Waals surface area contributed by atoms with Crippen LogP contribution in [0.25, 0.3) is 66.9 Å². The molecule has 0 bridgehead atoms. The maximum atomic E-state index is 13.2. The van der Waals surface area contributed by atoms with Crippen molar-refractivity contribution in [1.29, 1.82) is 0 Å². The van der Waals surface area contributed by atoms with Gasteiger partial charge in [-0.25, -0.2) is 0 Å². The molecule has 0 amide bonds. The van der Waals surface area contributed by atoms with E-state index in [1.165, 1.54) is 178 Å². The lowest BCUT2D eigenvalue weighted by atomic mass is 10.0. The maximum absolute atomic E-state index is 13.2. The lowest BCUT2D eigenvalue weighted by molar-refractivity contribution is 0.116. The van der Waals surface area contributed by atoms with Crippen LogP contribution >= 0.6 is 0 Å². The van der Waals surface area contributed by atoms with Crippen LogP contribution in [0.5, 0.6) is 57.5 Å². The molecule has 0 atom stereocenters. The van der Waals surface area contributed by atoms with E-state index < -0.39 is 0 Å². The van der Waals surface area contributed by atoms with Gasteiger partial charge >= 0.3 is 0 Å². The Bertz CT molecular complexity index is 5940. The summed E-state index contributed by atoms with van der Waals surface area (Å²) in [6, 6.07) is 60.4. The highest BCUT2D eigenvalue weighted by molar-refractivity contribution is 5.90. The van der Waals surface area contributed by atoms with Gasteiger partial charge in [-0.3, -0.25) is 14.4 Å². The summed E-state index contributed by atoms with van der Waals surface area (Å²) < 4.78 is 90.4. The second-order valence-corrected chi connectivity index (χ2v) is 32.5. The highest BCUT2D eigenvalue weighted by Crippen LogP contribution is 2.41. The molecule has 12 aromatic rings. The zero-order valence-electron chi connectivity index (χ0n) is 79.5. The maximum Gasteiger partial charge on any atom is 0.197 e. The fourth-order valence-corrected chi connectivity index (χ4v) is 15.7. The molecule has 0 aliphatic carbocycles. The van der Waals surface area contributed by atoms with E-state index >= 15 is 0 Å². The minimum atomic E-state index is -0.225. The zero-order chi connectivity index (χ0) is 93.8. The molecule has 9 aromatic carbocycles. The van der Waals surface area contributed by atoms with E-state index in [1.807, 2.05) is 84.9 Å². The molecule has 0 aliphatic rings. The Morgan fingerprint density at radius 2 is 0.534 bits per heavy atom. The third-order valence-electron chi connectivity index (χ3n) is 23.0. The van der Waals surface area contributed by atoms with Crippen LogP contribution in [0.4, 0.5) is 0 Å². The highest BCUT2D eigenvalue weighted by Gasteiger charge is 2.23. The van der Waals surface area contributed by atoms with Crippen LogP contribution in [0.15, 0.2) is 222 Å². The molecule has 0 aliphatic heterocycles. The molecular formula is C114H132O19. The quantitative estimate of drug-likeness (QED) is 0.0256. The Labute approximate surface area is 785 Å². The average Bonchev–Trinajstić information content (AvgIpc) is 0.764. The molecule has 0 fully saturated rings. The van der Waals surface area contributed by atoms with E-state index in [-0.39, 0.29) is 16.3 Å². The summed E-state index contributed by atoms with van der Waals surface area (Å²) in [6.07, 6.45) is 33.8. The van der Waals surface area contributed by atoms with Gasteiger partial charge in [-0.2, -0.15) is 0 Å². The smallest absolute Gasteiger partial charge is 0.197 e. The Morgan fingerprint density at radius 1 is 0.248 bits per heavy atom. The van der Waals surface area contributed by atoms with Gasteiger partial charge in [-0.05, 0) is 104 Å². The molecule has 12 rings (SSSR count). The number of rotatable bonds is 51. The summed E-state index contributed by atoms with van der Waals surface area (Å²) in [4.78, 5) is 39.4. The minimum Gasteiger partial charge on any atom is -0.497 e. The molecule has 0 saturated heterocycles. The molecule has 0 spiro atoms. The molecule has 0 saturated carbocycles. The monoisotopic (exact) mass is 1800 g/mol. The van der Waals surface area contributed by atoms with Crippen molar-refractivity contribution in [3.63, 3.8) is 0 Å². The topological polar surface area (TPSA) is 211 Å². The number of fused-ring (bicyclic) bond motifs is 3. The molecule has 19 heteroatoms. The Morgan fingerprint density at radius 3 is 0.835 bits per heavy atom. The molecule has 702 valence electrons. The molecule has 0 radical (unpaired) electrons. The fourth-order valence-electron chi connectivity index (χ4n) is 15.7. The number of hydrogen-bond donors (Lipinski definition) is 0. The number of unbranched alkanes of at least 4 members (excludes halogenated alkanes) is 26. The third kappa shape index (κ3) is 32.8. The van der Waals surface area contributed by atoms with Crippen molar-refractivity contribution in [3.05, 3.63) is 258 Å². The predicted octanol–water partition coefficient (Wildman–Crippen LogP) is 26.5. The molecule has 133 heavy (non-hydrogen) atoms. The van der Waals surface area contributed by atoms with Crippen LogP contribution in [0.1, 0.15) is 220 Å². The van der Waals surface area contributed by atoms with Crippen molar-refractivity contribution in [1.82, 2.24) is 0 Å². The minimum absolute atomic E-state index is 0.191. The van der Waals surface area contributed by atoms with Gasteiger partial charge in [0.1, 0.15) is 96.2 Å². The van der Waals surface area contributed by atoms with E-state index in [0.717, 1.165) is 106 Å². The van der Waals surface area contributed by atoms with Crippen LogP contribution in [-0.2, 0) is 34.0 Å². The molecule has 3 aromatic heterocycles. The van der Waals surface area contributed by atoms with E-state index in [4.69, 9.17) is 74.8 Å². The number of hydrogen-bond acceptors (Lipinski definition) is 19. The van der Waals surface area contributed by atoms with Crippen molar-refractivity contribution in [2.75, 3.05) is 90.9 Å². The van der Waals surface area contributed by atoms with Crippen molar-refractivity contribution in [2.45, 2.75) is 206 Å². The van der Waals surface area contributed by atoms with Gasteiger partial charge in [0.05, 0.1) is 96.5 Å². The molecule has 3 heterocycles. The fraction of sp³-hybridized carbons (Fsp3) is 0.395. The van der Waals surface area contributed by atoms with Gasteiger partial charge in [0.15, 0.2) is 27.8 Å². The van der Waals surface area contributed by atoms with Crippen molar-refractivity contribution in [3.8, 4) is 127 Å². The zero-order valence-corrected chi connectivity index (χ0v) is 79.5. The van der Waals surface area contributed by atoms with E-state index in [9.17, 15) is 14.4 Å². The molecular weight excluding hydrogens is 1670 g/mol. The second kappa shape index (κ2) is 58.1. The molecule has 0 N–H and O–H groups in total. The normalized spacial score (nSPS) is 10.8. The van der Waals surface area contributed by atoms with Crippen LogP contribution in [0, 0.1) is 35.5 Å². The summed E-state index contributed by atoms with van der Waals surface area (Å²) in [7, 11) is 15.7. The standard InChI is InChI=1S/C39H46O7.C38H44O6.C37H42O6/c1-41-30-25-36(43-3)38-33(40)27-35(46-37(38)26-30)31-22-23-34(42-2)39(44-4)32(31)21-17-12-10-8-6-5-7-9-11-13-18-24-45-28-29-19-15-14-16-20-29;1-40-31-21-22-33(35-27-34(39)38-36(42-3)25-32(41-2)26-37(38)44-35)30(24-31)20-16-11-9-7-5-4-6-8-10-12-17-23-43-28-29-18-14-13-15-19-29;1-39-30-20-21-32(34-26-33(38)37-35(41-3)24-31(40-2)25-36(37)43-34)29(23-30)19-15-10-8-6-4-5-7-9-11-16-22-42-27-28-17-13-12-14-18-28/h14-16,19-20,22-23,25-27H,5-13,18,24,28H2,1-4H3;13-15,18-19,21-22,24-27H,4-12,17,23,28H2,1-3H3;12-14,17-18,20-21,23-26H,4-11,16,22,27H2,1-3H3. The summed E-state index contributed by atoms with van der Waals surface area (Å²) in [6.45, 7) is 4.62. The Kier molecular flexibility index (Phi) is 44.7. The van der Waals surface area contributed by atoms with Gasteiger partial charge in [0.25, 0.3) is 0 Å². The average molecular weight is 1810 g/mol. The lowest BCUT2D eigenvalue weighted by Gasteiger charge is -2.14. The van der Waals surface area contributed by atoms with Crippen molar-refractivity contribution >= 4 is 32.9 Å². The van der Waals surface area contributed by atoms with Crippen LogP contribution in [0.2, 0.25) is 0 Å². The van der Waals surface area contributed by atoms with E-state index in [1.54, 1.807) is 92.2 Å². The summed E-state index contributed by atoms with van der Waals surface area (Å²) >= 11 is 0.